The van der Waals surface area contributed by atoms with Crippen molar-refractivity contribution in [3.8, 4) is 5.75 Å². The summed E-state index contributed by atoms with van der Waals surface area (Å²) < 4.78 is 6.09. The largest absolute Gasteiger partial charge is 0.489 e. The molecule has 3 nitrogen and oxygen atoms in total. The van der Waals surface area contributed by atoms with Crippen LogP contribution in [0, 0.1) is 0 Å². The number of nitrogens with zero attached hydrogens (tertiary/aromatic N) is 1. The topological polar surface area (TPSA) is 24.5 Å². The molecule has 0 fully saturated rings. The molecule has 0 saturated carbocycles. The number of hydrogen-bond donors (Lipinski definition) is 1. The molecule has 0 saturated heterocycles. The highest BCUT2D eigenvalue weighted by molar-refractivity contribution is 5.60. The summed E-state index contributed by atoms with van der Waals surface area (Å²) in [4.78, 5) is 2.42. The number of unbranched alkanes of at least 4 members (excludes halogenated alkanes) is 1. The molecule has 0 aliphatic carbocycles. The zero-order valence-corrected chi connectivity index (χ0v) is 15.3. The lowest BCUT2D eigenvalue weighted by Crippen LogP contribution is -2.25. The van der Waals surface area contributed by atoms with Crippen molar-refractivity contribution < 1.29 is 4.74 Å². The predicted molar refractivity (Wildman–Crippen MR) is 97.0 cm³/mol. The standard InChI is InChI=1S/C19H34N2O/c1-7-9-12-21(8-2)18-11-10-17(14-20-15(3)4)13-19(18)22-16(5)6/h10-11,13,15-16,20H,7-9,12,14H2,1-6H3. The van der Waals surface area contributed by atoms with Crippen LogP contribution in [-0.4, -0.2) is 25.2 Å². The minimum atomic E-state index is 0.192. The molecule has 0 bridgehead atoms. The van der Waals surface area contributed by atoms with Crippen LogP contribution in [0.25, 0.3) is 0 Å². The van der Waals surface area contributed by atoms with Crippen LogP contribution < -0.4 is 15.0 Å². The average Bonchev–Trinajstić information content (AvgIpc) is 2.46. The van der Waals surface area contributed by atoms with Gasteiger partial charge < -0.3 is 15.0 Å². The number of benzene rings is 1. The Hall–Kier alpha value is -1.22. The highest BCUT2D eigenvalue weighted by atomic mass is 16.5. The van der Waals surface area contributed by atoms with Crippen LogP contribution >= 0.6 is 0 Å². The van der Waals surface area contributed by atoms with E-state index in [1.165, 1.54) is 24.1 Å². The van der Waals surface area contributed by atoms with E-state index < -0.39 is 0 Å². The Bertz CT molecular complexity index is 429. The Balaban J connectivity index is 2.98. The van der Waals surface area contributed by atoms with E-state index in [0.717, 1.165) is 25.4 Å². The first-order chi connectivity index (χ1) is 10.5. The lowest BCUT2D eigenvalue weighted by molar-refractivity contribution is 0.242. The first-order valence-corrected chi connectivity index (χ1v) is 8.75. The Kier molecular flexibility index (Phi) is 8.32. The minimum absolute atomic E-state index is 0.192. The van der Waals surface area contributed by atoms with E-state index in [4.69, 9.17) is 4.74 Å². The third kappa shape index (κ3) is 6.27. The fourth-order valence-corrected chi connectivity index (χ4v) is 2.40. The van der Waals surface area contributed by atoms with E-state index in [1.807, 2.05) is 0 Å². The second kappa shape index (κ2) is 9.73. The van der Waals surface area contributed by atoms with Crippen molar-refractivity contribution >= 4 is 5.69 Å². The molecule has 1 aromatic carbocycles. The Morgan fingerprint density at radius 2 is 1.86 bits per heavy atom. The van der Waals surface area contributed by atoms with Gasteiger partial charge in [0.05, 0.1) is 11.8 Å². The second-order valence-corrected chi connectivity index (χ2v) is 6.44. The van der Waals surface area contributed by atoms with Crippen LogP contribution in [0.15, 0.2) is 18.2 Å². The first kappa shape index (κ1) is 18.8. The summed E-state index contributed by atoms with van der Waals surface area (Å²) in [5, 5.41) is 3.47. The van der Waals surface area contributed by atoms with Crippen molar-refractivity contribution in [3.63, 3.8) is 0 Å². The quantitative estimate of drug-likeness (QED) is 0.684. The molecule has 22 heavy (non-hydrogen) atoms. The van der Waals surface area contributed by atoms with Crippen molar-refractivity contribution in [3.05, 3.63) is 23.8 Å². The molecule has 0 aliphatic heterocycles. The van der Waals surface area contributed by atoms with Gasteiger partial charge in [0.15, 0.2) is 0 Å². The predicted octanol–water partition coefficient (Wildman–Crippen LogP) is 4.60. The number of ether oxygens (including phenoxy) is 1. The van der Waals surface area contributed by atoms with E-state index in [9.17, 15) is 0 Å². The summed E-state index contributed by atoms with van der Waals surface area (Å²) in [6.07, 6.45) is 2.62. The van der Waals surface area contributed by atoms with E-state index in [-0.39, 0.29) is 6.10 Å². The van der Waals surface area contributed by atoms with E-state index >= 15 is 0 Å². The van der Waals surface area contributed by atoms with Crippen molar-refractivity contribution in [1.82, 2.24) is 5.32 Å². The van der Waals surface area contributed by atoms with E-state index in [2.05, 4.69) is 70.0 Å². The van der Waals surface area contributed by atoms with Gasteiger partial charge in [-0.2, -0.15) is 0 Å². The van der Waals surface area contributed by atoms with Crippen LogP contribution in [0.3, 0.4) is 0 Å². The van der Waals surface area contributed by atoms with Gasteiger partial charge in [-0.15, -0.1) is 0 Å². The molecule has 0 aliphatic rings. The number of hydrogen-bond acceptors (Lipinski definition) is 3. The van der Waals surface area contributed by atoms with Crippen molar-refractivity contribution in [2.45, 2.75) is 73.1 Å². The van der Waals surface area contributed by atoms with Gasteiger partial charge in [-0.05, 0) is 44.9 Å². The van der Waals surface area contributed by atoms with Gasteiger partial charge in [-0.25, -0.2) is 0 Å². The molecule has 126 valence electrons. The van der Waals surface area contributed by atoms with Gasteiger partial charge in [-0.1, -0.05) is 33.3 Å². The van der Waals surface area contributed by atoms with Crippen molar-refractivity contribution in [2.75, 3.05) is 18.0 Å². The van der Waals surface area contributed by atoms with Gasteiger partial charge in [0, 0.05) is 25.7 Å². The van der Waals surface area contributed by atoms with Crippen LogP contribution in [0.1, 0.15) is 59.9 Å². The highest BCUT2D eigenvalue weighted by Crippen LogP contribution is 2.31. The average molecular weight is 306 g/mol. The maximum atomic E-state index is 6.09. The van der Waals surface area contributed by atoms with Crippen LogP contribution in [0.4, 0.5) is 5.69 Å². The molecule has 0 amide bonds. The molecular formula is C19H34N2O. The molecule has 0 heterocycles. The molecule has 0 spiro atoms. The molecule has 0 atom stereocenters. The molecule has 0 aromatic heterocycles. The van der Waals surface area contributed by atoms with Crippen LogP contribution in [-0.2, 0) is 6.54 Å². The molecule has 1 N–H and O–H groups in total. The highest BCUT2D eigenvalue weighted by Gasteiger charge is 2.13. The molecule has 1 rings (SSSR count). The van der Waals surface area contributed by atoms with Gasteiger partial charge in [0.25, 0.3) is 0 Å². The fourth-order valence-electron chi connectivity index (χ4n) is 2.40. The third-order valence-corrected chi connectivity index (χ3v) is 3.61. The molecule has 0 radical (unpaired) electrons. The summed E-state index contributed by atoms with van der Waals surface area (Å²) >= 11 is 0. The van der Waals surface area contributed by atoms with Gasteiger partial charge in [-0.3, -0.25) is 0 Å². The molecule has 3 heteroatoms. The molecular weight excluding hydrogens is 272 g/mol. The Morgan fingerprint density at radius 1 is 1.14 bits per heavy atom. The minimum Gasteiger partial charge on any atom is -0.489 e. The molecule has 0 unspecified atom stereocenters. The van der Waals surface area contributed by atoms with Gasteiger partial charge in [0.2, 0.25) is 0 Å². The summed E-state index contributed by atoms with van der Waals surface area (Å²) in [5.74, 6) is 1.01. The summed E-state index contributed by atoms with van der Waals surface area (Å²) in [6.45, 7) is 15.9. The van der Waals surface area contributed by atoms with Crippen LogP contribution in [0.2, 0.25) is 0 Å². The first-order valence-electron chi connectivity index (χ1n) is 8.75. The number of rotatable bonds is 10. The zero-order chi connectivity index (χ0) is 16.5. The number of nitrogens with one attached hydrogen (secondary N) is 1. The normalized spacial score (nSPS) is 11.3. The Labute approximate surface area is 137 Å². The van der Waals surface area contributed by atoms with Crippen molar-refractivity contribution in [2.24, 2.45) is 0 Å². The summed E-state index contributed by atoms with van der Waals surface area (Å²) in [7, 11) is 0. The second-order valence-electron chi connectivity index (χ2n) is 6.44. The Morgan fingerprint density at radius 3 is 2.41 bits per heavy atom. The summed E-state index contributed by atoms with van der Waals surface area (Å²) in [6, 6.07) is 7.12. The fraction of sp³-hybridized carbons (Fsp3) is 0.684. The summed E-state index contributed by atoms with van der Waals surface area (Å²) in [5.41, 5.74) is 2.50. The molecule has 1 aromatic rings. The maximum absolute atomic E-state index is 6.09. The third-order valence-electron chi connectivity index (χ3n) is 3.61. The van der Waals surface area contributed by atoms with Crippen LogP contribution in [0.5, 0.6) is 5.75 Å². The zero-order valence-electron chi connectivity index (χ0n) is 15.3. The van der Waals surface area contributed by atoms with Gasteiger partial charge >= 0.3 is 0 Å². The van der Waals surface area contributed by atoms with Crippen molar-refractivity contribution in [1.29, 1.82) is 0 Å². The maximum Gasteiger partial charge on any atom is 0.143 e. The van der Waals surface area contributed by atoms with E-state index in [1.54, 1.807) is 0 Å². The SMILES string of the molecule is CCCCN(CC)c1ccc(CNC(C)C)cc1OC(C)C. The van der Waals surface area contributed by atoms with E-state index in [0.29, 0.717) is 6.04 Å². The van der Waals surface area contributed by atoms with Gasteiger partial charge in [0.1, 0.15) is 5.75 Å². The lowest BCUT2D eigenvalue weighted by atomic mass is 10.1. The number of anilines is 1. The smallest absolute Gasteiger partial charge is 0.143 e. The lowest BCUT2D eigenvalue weighted by Gasteiger charge is -2.27. The monoisotopic (exact) mass is 306 g/mol.